The Balaban J connectivity index is 0.000000560. The number of carbonyl (C=O) groups excluding carboxylic acids is 4. The predicted molar refractivity (Wildman–Crippen MR) is 308 cm³/mol. The summed E-state index contributed by atoms with van der Waals surface area (Å²) >= 11 is 0. The van der Waals surface area contributed by atoms with E-state index in [-0.39, 0.29) is 5.69 Å². The lowest BCUT2D eigenvalue weighted by molar-refractivity contribution is -0.458. The summed E-state index contributed by atoms with van der Waals surface area (Å²) in [6, 6.07) is 27.1. The highest BCUT2D eigenvalue weighted by atomic mass is 32.2. The average molecular weight is 1380 g/mol. The molecule has 0 heterocycles. The number of ether oxygens (including phenoxy) is 2. The first-order valence-corrected chi connectivity index (χ1v) is 29.4. The molecule has 0 fully saturated rings. The van der Waals surface area contributed by atoms with Crippen molar-refractivity contribution in [1.82, 2.24) is 4.31 Å². The average Bonchev–Trinajstić information content (AvgIpc) is 0.692. The van der Waals surface area contributed by atoms with E-state index in [0.29, 0.717) is 60.6 Å². The normalized spacial score (nSPS) is 13.5. The molecule has 93 heavy (non-hydrogen) atoms. The van der Waals surface area contributed by atoms with E-state index in [1.165, 1.54) is 24.3 Å². The van der Waals surface area contributed by atoms with Gasteiger partial charge in [-0.25, -0.2) is 27.6 Å². The number of nitrogens with one attached hydrogen (secondary N) is 4. The lowest BCUT2D eigenvalue weighted by atomic mass is 9.91. The molecule has 1 atom stereocenters. The first kappa shape index (κ1) is 79.3. The molecule has 4 aromatic rings. The summed E-state index contributed by atoms with van der Waals surface area (Å²) in [6.45, 7) is 7.83. The number of benzene rings is 4. The number of hydrogen-bond acceptors (Lipinski definition) is 12. The van der Waals surface area contributed by atoms with Gasteiger partial charge >= 0.3 is 71.3 Å². The Morgan fingerprint density at radius 2 is 0.796 bits per heavy atom. The number of halogens is 17. The molecule has 0 bridgehead atoms. The van der Waals surface area contributed by atoms with E-state index in [2.05, 4.69) is 55.0 Å². The zero-order valence-corrected chi connectivity index (χ0v) is 51.4. The molecule has 1 unspecified atom stereocenters. The van der Waals surface area contributed by atoms with Crippen molar-refractivity contribution in [3.63, 3.8) is 0 Å². The van der Waals surface area contributed by atoms with Gasteiger partial charge in [-0.05, 0) is 123 Å². The Morgan fingerprint density at radius 1 is 0.473 bits per heavy atom. The first-order chi connectivity index (χ1) is 43.0. The van der Waals surface area contributed by atoms with E-state index in [9.17, 15) is 102 Å². The van der Waals surface area contributed by atoms with Gasteiger partial charge in [-0.1, -0.05) is 113 Å². The molecule has 0 spiro atoms. The number of likely N-dealkylation sites (N-methyl/N-ethyl adjacent to an activating group) is 1. The van der Waals surface area contributed by atoms with Gasteiger partial charge in [0.1, 0.15) is 6.61 Å². The molecular weight excluding hydrogens is 1310 g/mol. The maximum absolute atomic E-state index is 14.6. The van der Waals surface area contributed by atoms with Crippen molar-refractivity contribution in [2.24, 2.45) is 16.2 Å². The van der Waals surface area contributed by atoms with Gasteiger partial charge in [-0.3, -0.25) is 30.9 Å². The third kappa shape index (κ3) is 20.3. The molecule has 4 rings (SSSR count). The van der Waals surface area contributed by atoms with Gasteiger partial charge < -0.3 is 9.47 Å². The summed E-state index contributed by atoms with van der Waals surface area (Å²) in [6.07, 6.45) is -4.61. The summed E-state index contributed by atoms with van der Waals surface area (Å²) < 4.78 is 265. The van der Waals surface area contributed by atoms with Crippen molar-refractivity contribution in [3.05, 3.63) is 119 Å². The van der Waals surface area contributed by atoms with E-state index in [4.69, 9.17) is 9.57 Å². The molecule has 0 radical (unpaired) electrons. The zero-order chi connectivity index (χ0) is 70.6. The van der Waals surface area contributed by atoms with Crippen LogP contribution in [0, 0.1) is 5.92 Å². The highest BCUT2D eigenvalue weighted by molar-refractivity contribution is 7.90. The molecule has 4 amide bonds. The van der Waals surface area contributed by atoms with Gasteiger partial charge in [0.05, 0.1) is 18.0 Å². The molecule has 0 aliphatic heterocycles. The number of unbranched alkanes of at least 4 members (excludes halogenated alkanes) is 1. The minimum Gasteiger partial charge on any atom is -0.449 e. The first-order valence-electron chi connectivity index (χ1n) is 28.0. The smallest absolute Gasteiger partial charge is 0.449 e. The predicted octanol–water partition coefficient (Wildman–Crippen LogP) is 17.2. The lowest BCUT2D eigenvalue weighted by Gasteiger charge is -2.43. The van der Waals surface area contributed by atoms with Gasteiger partial charge in [0, 0.05) is 35.8 Å². The van der Waals surface area contributed by atoms with Crippen molar-refractivity contribution in [2.45, 2.75) is 147 Å². The van der Waals surface area contributed by atoms with E-state index in [0.717, 1.165) is 60.9 Å². The number of nitrogens with zero attached hydrogens (tertiary/aromatic N) is 3. The van der Waals surface area contributed by atoms with Crippen molar-refractivity contribution < 1.29 is 121 Å². The fourth-order valence-electron chi connectivity index (χ4n) is 7.51. The van der Waals surface area contributed by atoms with Crippen LogP contribution >= 0.6 is 0 Å². The molecule has 4 N–H and O–H groups in total. The quantitative estimate of drug-likeness (QED) is 0.0168. The Morgan fingerprint density at radius 3 is 1.11 bits per heavy atom. The monoisotopic (exact) mass is 1380 g/mol. The number of alkyl halides is 17. The SMILES string of the molecule is CCC(C)=NOC(=O)Nc1ccc(Cc2ccc(NC(=O)OCCN(CC)S(=O)(=O)C(F)(F)C(F)(F)C(F)(F)C(F)(F)C(F)(F)C(F)(F)C(F)(F)C(F)(F)F)cc2)cc1.CCCCC(CC)COC(=O)Nc1ccc(Cc2ccc(NC(=O)ON=C(C)CC)cc2)cc1. The van der Waals surface area contributed by atoms with Crippen molar-refractivity contribution in [3.8, 4) is 0 Å². The molecule has 0 saturated heterocycles. The van der Waals surface area contributed by atoms with Crippen LogP contribution in [0.3, 0.4) is 0 Å². The van der Waals surface area contributed by atoms with E-state index >= 15 is 0 Å². The molecule has 4 aromatic carbocycles. The number of amides is 4. The number of oxime groups is 2. The molecule has 17 nitrogen and oxygen atoms in total. The molecule has 0 aliphatic carbocycles. The standard InChI is InChI=1S/C31H29F17N4O6S.C27H37N3O4/c1-4-17(3)51-58-23(54)50-21-12-8-19(9-13-21)16-18-6-10-20(11-7-18)49-22(53)57-15-14-52(5-2)59(55,56)31(47,48)29(42,43)27(38,39)25(34,35)24(32,33)26(36,37)28(40,41)30(44,45)46;1-5-8-9-21(7-3)19-33-26(31)28-24-14-10-22(11-15-24)18-23-12-16-25(17-13-23)29-27(32)34-30-20(4)6-2/h6-13H,4-5,14-16H2,1-3H3,(H,49,53)(H,50,54);10-17,21H,5-9,18-19H2,1-4H3,(H,28,31)(H,29,32). The fourth-order valence-corrected chi connectivity index (χ4v) is 8.94. The Bertz CT molecular complexity index is 3270. The Labute approximate surface area is 522 Å². The van der Waals surface area contributed by atoms with Crippen molar-refractivity contribution >= 4 is 68.6 Å². The fraction of sp³-hybridized carbons (Fsp3) is 0.483. The second kappa shape index (κ2) is 33.2. The van der Waals surface area contributed by atoms with Gasteiger partial charge in [0.25, 0.3) is 10.0 Å². The maximum Gasteiger partial charge on any atom is 0.460 e. The van der Waals surface area contributed by atoms with Crippen LogP contribution in [0.1, 0.15) is 109 Å². The van der Waals surface area contributed by atoms with Crippen LogP contribution < -0.4 is 21.3 Å². The summed E-state index contributed by atoms with van der Waals surface area (Å²) in [4.78, 5) is 57.3. The van der Waals surface area contributed by atoms with E-state index < -0.39 is 105 Å². The van der Waals surface area contributed by atoms with Gasteiger partial charge in [-0.2, -0.15) is 78.9 Å². The van der Waals surface area contributed by atoms with Crippen molar-refractivity contribution in [1.29, 1.82) is 0 Å². The molecule has 518 valence electrons. The van der Waals surface area contributed by atoms with E-state index in [1.54, 1.807) is 45.0 Å². The number of rotatable bonds is 30. The zero-order valence-electron chi connectivity index (χ0n) is 50.6. The van der Waals surface area contributed by atoms with Crippen molar-refractivity contribution in [2.75, 3.05) is 47.6 Å². The maximum atomic E-state index is 14.6. The Kier molecular flexibility index (Phi) is 28.3. The highest BCUT2D eigenvalue weighted by Gasteiger charge is 2.96. The summed E-state index contributed by atoms with van der Waals surface area (Å²) in [5.74, 6) is -51.9. The van der Waals surface area contributed by atoms with Crippen LogP contribution in [0.4, 0.5) is 117 Å². The van der Waals surface area contributed by atoms with Crippen LogP contribution in [-0.2, 0) is 42.0 Å². The van der Waals surface area contributed by atoms with Gasteiger partial charge in [-0.15, -0.1) is 0 Å². The third-order valence-corrected chi connectivity index (χ3v) is 15.5. The molecule has 0 aliphatic rings. The minimum atomic E-state index is -8.96. The molecule has 0 aromatic heterocycles. The number of anilines is 4. The van der Waals surface area contributed by atoms with E-state index in [1.807, 2.05) is 55.5 Å². The van der Waals surface area contributed by atoms with Crippen LogP contribution in [0.25, 0.3) is 0 Å². The number of carbonyl (C=O) groups is 4. The minimum absolute atomic E-state index is 0.0394. The topological polar surface area (TPSA) is 215 Å². The number of hydrogen-bond donors (Lipinski definition) is 4. The second-order valence-corrected chi connectivity index (χ2v) is 22.3. The summed E-state index contributed by atoms with van der Waals surface area (Å²) in [5.41, 5.74) is 6.55. The van der Waals surface area contributed by atoms with Crippen LogP contribution in [0.5, 0.6) is 0 Å². The lowest BCUT2D eigenvalue weighted by Crippen LogP contribution is -2.75. The van der Waals surface area contributed by atoms with Crippen LogP contribution in [-0.4, -0.2) is 122 Å². The largest absolute Gasteiger partial charge is 0.460 e. The molecule has 35 heteroatoms. The highest BCUT2D eigenvalue weighted by Crippen LogP contribution is 2.64. The van der Waals surface area contributed by atoms with Gasteiger partial charge in [0.2, 0.25) is 0 Å². The Hall–Kier alpha value is -7.98. The molecule has 0 saturated carbocycles. The summed E-state index contributed by atoms with van der Waals surface area (Å²) in [5, 5.41) is 9.55. The molecular formula is C58H66F17N7O10S. The number of sulfonamides is 1. The van der Waals surface area contributed by atoms with Gasteiger partial charge in [0.15, 0.2) is 0 Å². The second-order valence-electron chi connectivity index (χ2n) is 20.4. The van der Waals surface area contributed by atoms with Crippen LogP contribution in [0.15, 0.2) is 107 Å². The summed E-state index contributed by atoms with van der Waals surface area (Å²) in [7, 11) is -7.55. The van der Waals surface area contributed by atoms with Crippen LogP contribution in [0.2, 0.25) is 0 Å². The third-order valence-electron chi connectivity index (χ3n) is 13.5.